The van der Waals surface area contributed by atoms with Gasteiger partial charge in [0.2, 0.25) is 0 Å². The number of amides is 3. The van der Waals surface area contributed by atoms with Crippen molar-refractivity contribution in [2.24, 2.45) is 5.92 Å². The number of urea groups is 1. The average Bonchev–Trinajstić information content (AvgIpc) is 2.72. The Morgan fingerprint density at radius 2 is 2.00 bits per heavy atom. The van der Waals surface area contributed by atoms with Crippen molar-refractivity contribution < 1.29 is 19.1 Å². The molecule has 1 aromatic rings. The van der Waals surface area contributed by atoms with Crippen LogP contribution in [-0.4, -0.2) is 34.0 Å². The number of hydrogen-bond acceptors (Lipinski definition) is 3. The zero-order chi connectivity index (χ0) is 17.4. The van der Waals surface area contributed by atoms with E-state index >= 15 is 0 Å². The Kier molecular flexibility index (Phi) is 4.75. The molecule has 0 aromatic heterocycles. The van der Waals surface area contributed by atoms with E-state index in [-0.39, 0.29) is 18.4 Å². The summed E-state index contributed by atoms with van der Waals surface area (Å²) in [6, 6.07) is 3.55. The van der Waals surface area contributed by atoms with Crippen molar-refractivity contribution in [1.82, 2.24) is 10.2 Å². The quantitative estimate of drug-likeness (QED) is 0.819. The standard InChI is InChI=1S/C17H23FN2O3/c1-5-17(10(2)3)15(22)20(16(23)19-17)9-14(21)13-7-6-12(18)8-11(13)4/h6-8,10,14,21H,5,9H2,1-4H3,(H,19,23). The molecule has 3 amide bonds. The van der Waals surface area contributed by atoms with Crippen LogP contribution in [0.3, 0.4) is 0 Å². The van der Waals surface area contributed by atoms with Gasteiger partial charge in [0, 0.05) is 0 Å². The SMILES string of the molecule is CCC1(C(C)C)NC(=O)N(CC(O)c2ccc(F)cc2C)C1=O. The van der Waals surface area contributed by atoms with Gasteiger partial charge in [0.05, 0.1) is 12.6 Å². The molecule has 1 aromatic carbocycles. The molecule has 1 aliphatic heterocycles. The molecule has 0 saturated carbocycles. The van der Waals surface area contributed by atoms with Crippen molar-refractivity contribution >= 4 is 11.9 Å². The average molecular weight is 322 g/mol. The molecule has 1 saturated heterocycles. The summed E-state index contributed by atoms with van der Waals surface area (Å²) in [5, 5.41) is 13.1. The van der Waals surface area contributed by atoms with Gasteiger partial charge in [0.1, 0.15) is 11.4 Å². The second kappa shape index (κ2) is 6.28. The van der Waals surface area contributed by atoms with Crippen molar-refractivity contribution in [3.63, 3.8) is 0 Å². The molecule has 126 valence electrons. The number of imide groups is 1. The summed E-state index contributed by atoms with van der Waals surface area (Å²) in [5.74, 6) is -0.768. The highest BCUT2D eigenvalue weighted by Gasteiger charge is 2.52. The van der Waals surface area contributed by atoms with Gasteiger partial charge in [-0.1, -0.05) is 26.8 Å². The third-order valence-corrected chi connectivity index (χ3v) is 4.69. The van der Waals surface area contributed by atoms with E-state index in [1.807, 2.05) is 20.8 Å². The summed E-state index contributed by atoms with van der Waals surface area (Å²) < 4.78 is 13.2. The summed E-state index contributed by atoms with van der Waals surface area (Å²) in [5.41, 5.74) is 0.162. The van der Waals surface area contributed by atoms with Crippen LogP contribution in [0.4, 0.5) is 9.18 Å². The van der Waals surface area contributed by atoms with E-state index in [4.69, 9.17) is 0 Å². The first-order valence-electron chi connectivity index (χ1n) is 7.81. The predicted octanol–water partition coefficient (Wildman–Crippen LogP) is 2.52. The number of carbonyl (C=O) groups is 2. The number of halogens is 1. The Labute approximate surface area is 135 Å². The molecule has 2 N–H and O–H groups in total. The van der Waals surface area contributed by atoms with E-state index in [2.05, 4.69) is 5.32 Å². The number of benzene rings is 1. The van der Waals surface area contributed by atoms with Crippen molar-refractivity contribution in [2.75, 3.05) is 6.54 Å². The summed E-state index contributed by atoms with van der Waals surface area (Å²) in [4.78, 5) is 25.9. The molecular weight excluding hydrogens is 299 g/mol. The van der Waals surface area contributed by atoms with Gasteiger partial charge in [-0.15, -0.1) is 0 Å². The van der Waals surface area contributed by atoms with Gasteiger partial charge in [-0.25, -0.2) is 9.18 Å². The first-order chi connectivity index (χ1) is 10.7. The van der Waals surface area contributed by atoms with Crippen LogP contribution in [0.25, 0.3) is 0 Å². The molecule has 0 aliphatic carbocycles. The third-order valence-electron chi connectivity index (χ3n) is 4.69. The first kappa shape index (κ1) is 17.4. The van der Waals surface area contributed by atoms with Gasteiger partial charge in [-0.05, 0) is 42.5 Å². The second-order valence-electron chi connectivity index (χ2n) is 6.34. The number of nitrogens with zero attached hydrogens (tertiary/aromatic N) is 1. The number of nitrogens with one attached hydrogen (secondary N) is 1. The molecule has 23 heavy (non-hydrogen) atoms. The topological polar surface area (TPSA) is 69.6 Å². The van der Waals surface area contributed by atoms with Crippen LogP contribution < -0.4 is 5.32 Å². The second-order valence-corrected chi connectivity index (χ2v) is 6.34. The number of aliphatic hydroxyl groups is 1. The van der Waals surface area contributed by atoms with Crippen LogP contribution in [0.5, 0.6) is 0 Å². The van der Waals surface area contributed by atoms with E-state index < -0.39 is 23.5 Å². The zero-order valence-electron chi connectivity index (χ0n) is 13.9. The van der Waals surface area contributed by atoms with Crippen LogP contribution in [0, 0.1) is 18.7 Å². The fourth-order valence-corrected chi connectivity index (χ4v) is 3.13. The number of carbonyl (C=O) groups excluding carboxylic acids is 2. The minimum atomic E-state index is -1.05. The smallest absolute Gasteiger partial charge is 0.325 e. The first-order valence-corrected chi connectivity index (χ1v) is 7.81. The molecule has 6 heteroatoms. The molecular formula is C17H23FN2O3. The highest BCUT2D eigenvalue weighted by molar-refractivity contribution is 6.07. The fourth-order valence-electron chi connectivity index (χ4n) is 3.13. The molecule has 1 fully saturated rings. The fraction of sp³-hybridized carbons (Fsp3) is 0.529. The van der Waals surface area contributed by atoms with E-state index in [1.54, 1.807) is 6.92 Å². The van der Waals surface area contributed by atoms with Gasteiger partial charge >= 0.3 is 6.03 Å². The predicted molar refractivity (Wildman–Crippen MR) is 84.2 cm³/mol. The van der Waals surface area contributed by atoms with Crippen molar-refractivity contribution in [3.8, 4) is 0 Å². The Morgan fingerprint density at radius 1 is 1.35 bits per heavy atom. The molecule has 0 bridgehead atoms. The number of hydrogen-bond donors (Lipinski definition) is 2. The Balaban J connectivity index is 2.23. The molecule has 2 atom stereocenters. The monoisotopic (exact) mass is 322 g/mol. The summed E-state index contributed by atoms with van der Waals surface area (Å²) in [7, 11) is 0. The maximum Gasteiger partial charge on any atom is 0.325 e. The molecule has 2 rings (SSSR count). The van der Waals surface area contributed by atoms with Crippen molar-refractivity contribution in [1.29, 1.82) is 0 Å². The lowest BCUT2D eigenvalue weighted by atomic mass is 9.84. The highest BCUT2D eigenvalue weighted by Crippen LogP contribution is 2.30. The third kappa shape index (κ3) is 2.95. The molecule has 0 radical (unpaired) electrons. The van der Waals surface area contributed by atoms with E-state index in [1.165, 1.54) is 18.2 Å². The maximum absolute atomic E-state index is 13.2. The Bertz CT molecular complexity index is 632. The van der Waals surface area contributed by atoms with Crippen LogP contribution >= 0.6 is 0 Å². The van der Waals surface area contributed by atoms with Gasteiger partial charge in [-0.2, -0.15) is 0 Å². The maximum atomic E-state index is 13.2. The summed E-state index contributed by atoms with van der Waals surface area (Å²) in [6.07, 6.45) is -0.567. The zero-order valence-corrected chi connectivity index (χ0v) is 13.9. The number of β-amino-alcohol motifs (C(OH)–C–C–N with tert-alkyl or cyclic N) is 1. The normalized spacial score (nSPS) is 22.7. The van der Waals surface area contributed by atoms with Gasteiger partial charge in [0.25, 0.3) is 5.91 Å². The molecule has 0 spiro atoms. The molecule has 5 nitrogen and oxygen atoms in total. The van der Waals surface area contributed by atoms with Crippen LogP contribution in [-0.2, 0) is 4.79 Å². The van der Waals surface area contributed by atoms with Crippen molar-refractivity contribution in [2.45, 2.75) is 45.8 Å². The molecule has 1 heterocycles. The van der Waals surface area contributed by atoms with E-state index in [0.717, 1.165) is 4.90 Å². The number of rotatable bonds is 5. The van der Waals surface area contributed by atoms with E-state index in [9.17, 15) is 19.1 Å². The lowest BCUT2D eigenvalue weighted by molar-refractivity contribution is -0.134. The minimum Gasteiger partial charge on any atom is -0.387 e. The van der Waals surface area contributed by atoms with Gasteiger partial charge in [0.15, 0.2) is 0 Å². The van der Waals surface area contributed by atoms with Crippen LogP contribution in [0.15, 0.2) is 18.2 Å². The lowest BCUT2D eigenvalue weighted by Crippen LogP contribution is -2.51. The Morgan fingerprint density at radius 3 is 2.48 bits per heavy atom. The van der Waals surface area contributed by atoms with E-state index in [0.29, 0.717) is 17.5 Å². The number of aryl methyl sites for hydroxylation is 1. The minimum absolute atomic E-state index is 0.0568. The number of aliphatic hydroxyl groups excluding tert-OH is 1. The lowest BCUT2D eigenvalue weighted by Gasteiger charge is -2.29. The van der Waals surface area contributed by atoms with Crippen LogP contribution in [0.1, 0.15) is 44.4 Å². The van der Waals surface area contributed by atoms with Gasteiger partial charge in [-0.3, -0.25) is 9.69 Å². The molecule has 2 unspecified atom stereocenters. The largest absolute Gasteiger partial charge is 0.387 e. The summed E-state index contributed by atoms with van der Waals surface area (Å²) >= 11 is 0. The van der Waals surface area contributed by atoms with Crippen LogP contribution in [0.2, 0.25) is 0 Å². The highest BCUT2D eigenvalue weighted by atomic mass is 19.1. The Hall–Kier alpha value is -1.95. The van der Waals surface area contributed by atoms with Crippen molar-refractivity contribution in [3.05, 3.63) is 35.1 Å². The molecule has 1 aliphatic rings. The summed E-state index contributed by atoms with van der Waals surface area (Å²) in [6.45, 7) is 7.14. The van der Waals surface area contributed by atoms with Gasteiger partial charge < -0.3 is 10.4 Å².